The second-order valence-electron chi connectivity index (χ2n) is 3.40. The summed E-state index contributed by atoms with van der Waals surface area (Å²) in [5, 5.41) is 1.60. The van der Waals surface area contributed by atoms with Crippen LogP contribution in [0.1, 0.15) is 15.8 Å². The zero-order valence-corrected chi connectivity index (χ0v) is 9.86. The number of benzene rings is 1. The second kappa shape index (κ2) is 4.93. The lowest BCUT2D eigenvalue weighted by atomic mass is 10.1. The number of hydrogen-bond acceptors (Lipinski definition) is 1. The van der Waals surface area contributed by atoms with Crippen LogP contribution in [0.3, 0.4) is 0 Å². The van der Waals surface area contributed by atoms with Gasteiger partial charge in [-0.2, -0.15) is 0 Å². The van der Waals surface area contributed by atoms with Crippen LogP contribution in [0.25, 0.3) is 0 Å². The van der Waals surface area contributed by atoms with Gasteiger partial charge in [-0.1, -0.05) is 18.2 Å². The molecular formula is C12H9ClF2S. The third kappa shape index (κ3) is 2.42. The van der Waals surface area contributed by atoms with Crippen LogP contribution in [0.5, 0.6) is 0 Å². The SMILES string of the molecule is Fc1cccc(CC(Cl)c2cccs2)c1F. The minimum absolute atomic E-state index is 0.297. The van der Waals surface area contributed by atoms with E-state index in [-0.39, 0.29) is 5.38 Å². The molecule has 0 N–H and O–H groups in total. The highest BCUT2D eigenvalue weighted by molar-refractivity contribution is 7.10. The maximum absolute atomic E-state index is 13.4. The first-order valence-electron chi connectivity index (χ1n) is 4.79. The summed E-state index contributed by atoms with van der Waals surface area (Å²) in [5.74, 6) is -1.63. The molecule has 4 heteroatoms. The molecule has 1 unspecified atom stereocenters. The maximum Gasteiger partial charge on any atom is 0.162 e. The van der Waals surface area contributed by atoms with Crippen LogP contribution in [0.4, 0.5) is 8.78 Å². The molecular weight excluding hydrogens is 250 g/mol. The summed E-state index contributed by atoms with van der Waals surface area (Å²) in [7, 11) is 0. The van der Waals surface area contributed by atoms with E-state index in [2.05, 4.69) is 0 Å². The number of rotatable bonds is 3. The Bertz CT molecular complexity index is 468. The Morgan fingerprint density at radius 1 is 1.19 bits per heavy atom. The quantitative estimate of drug-likeness (QED) is 0.709. The number of thiophene rings is 1. The number of halogens is 3. The normalized spacial score (nSPS) is 12.7. The Balaban J connectivity index is 2.18. The van der Waals surface area contributed by atoms with Crippen LogP contribution >= 0.6 is 22.9 Å². The fraction of sp³-hybridized carbons (Fsp3) is 0.167. The van der Waals surface area contributed by atoms with Gasteiger partial charge >= 0.3 is 0 Å². The van der Waals surface area contributed by atoms with Gasteiger partial charge < -0.3 is 0 Å². The fourth-order valence-electron chi connectivity index (χ4n) is 1.47. The largest absolute Gasteiger partial charge is 0.204 e. The molecule has 0 saturated heterocycles. The van der Waals surface area contributed by atoms with Crippen LogP contribution in [0.2, 0.25) is 0 Å². The first kappa shape index (κ1) is 11.6. The van der Waals surface area contributed by atoms with Crippen molar-refractivity contribution in [3.8, 4) is 0 Å². The molecule has 2 aromatic rings. The van der Waals surface area contributed by atoms with Crippen molar-refractivity contribution in [2.75, 3.05) is 0 Å². The van der Waals surface area contributed by atoms with Gasteiger partial charge in [0.25, 0.3) is 0 Å². The second-order valence-corrected chi connectivity index (χ2v) is 4.91. The molecule has 0 aliphatic carbocycles. The van der Waals surface area contributed by atoms with E-state index in [1.807, 2.05) is 17.5 Å². The highest BCUT2D eigenvalue weighted by atomic mass is 35.5. The highest BCUT2D eigenvalue weighted by Gasteiger charge is 2.14. The molecule has 0 fully saturated rings. The molecule has 0 amide bonds. The van der Waals surface area contributed by atoms with Crippen molar-refractivity contribution in [2.24, 2.45) is 0 Å². The molecule has 0 spiro atoms. The molecule has 0 radical (unpaired) electrons. The Morgan fingerprint density at radius 3 is 2.69 bits per heavy atom. The molecule has 0 aliphatic rings. The summed E-state index contributed by atoms with van der Waals surface area (Å²) in [6, 6.07) is 7.93. The molecule has 1 atom stereocenters. The number of hydrogen-bond donors (Lipinski definition) is 0. The summed E-state index contributed by atoms with van der Waals surface area (Å²) in [5.41, 5.74) is 0.313. The lowest BCUT2D eigenvalue weighted by Crippen LogP contribution is -1.98. The lowest BCUT2D eigenvalue weighted by Gasteiger charge is -2.08. The number of alkyl halides is 1. The van der Waals surface area contributed by atoms with E-state index in [1.54, 1.807) is 6.07 Å². The molecule has 2 rings (SSSR count). The fourth-order valence-corrected chi connectivity index (χ4v) is 2.56. The zero-order chi connectivity index (χ0) is 11.5. The predicted molar refractivity (Wildman–Crippen MR) is 63.0 cm³/mol. The molecule has 1 aromatic carbocycles. The van der Waals surface area contributed by atoms with E-state index < -0.39 is 11.6 Å². The van der Waals surface area contributed by atoms with Gasteiger partial charge in [-0.25, -0.2) is 8.78 Å². The Hall–Kier alpha value is -0.930. The average molecular weight is 259 g/mol. The van der Waals surface area contributed by atoms with E-state index in [0.29, 0.717) is 12.0 Å². The predicted octanol–water partition coefficient (Wildman–Crippen LogP) is 4.55. The average Bonchev–Trinajstić information content (AvgIpc) is 2.78. The molecule has 16 heavy (non-hydrogen) atoms. The summed E-state index contributed by atoms with van der Waals surface area (Å²) >= 11 is 7.64. The Morgan fingerprint density at radius 2 is 2.00 bits per heavy atom. The van der Waals surface area contributed by atoms with Crippen molar-refractivity contribution in [3.63, 3.8) is 0 Å². The standard InChI is InChI=1S/C12H9ClF2S/c13-9(11-5-2-6-16-11)7-8-3-1-4-10(14)12(8)15/h1-6,9H,7H2. The van der Waals surface area contributed by atoms with Crippen molar-refractivity contribution in [3.05, 3.63) is 57.8 Å². The minimum atomic E-state index is -0.826. The van der Waals surface area contributed by atoms with Gasteiger partial charge in [0, 0.05) is 4.88 Å². The van der Waals surface area contributed by atoms with Crippen molar-refractivity contribution >= 4 is 22.9 Å². The van der Waals surface area contributed by atoms with E-state index in [9.17, 15) is 8.78 Å². The lowest BCUT2D eigenvalue weighted by molar-refractivity contribution is 0.498. The minimum Gasteiger partial charge on any atom is -0.204 e. The highest BCUT2D eigenvalue weighted by Crippen LogP contribution is 2.29. The van der Waals surface area contributed by atoms with Crippen LogP contribution in [-0.4, -0.2) is 0 Å². The van der Waals surface area contributed by atoms with Gasteiger partial charge in [-0.3, -0.25) is 0 Å². The zero-order valence-electron chi connectivity index (χ0n) is 8.29. The van der Waals surface area contributed by atoms with Crippen LogP contribution in [0, 0.1) is 11.6 Å². The Kier molecular flexibility index (Phi) is 3.56. The first-order valence-corrected chi connectivity index (χ1v) is 6.10. The van der Waals surface area contributed by atoms with E-state index in [4.69, 9.17) is 11.6 Å². The van der Waals surface area contributed by atoms with Gasteiger partial charge in [-0.05, 0) is 29.5 Å². The molecule has 0 aliphatic heterocycles. The molecule has 0 nitrogen and oxygen atoms in total. The first-order chi connectivity index (χ1) is 7.68. The van der Waals surface area contributed by atoms with Crippen LogP contribution in [0.15, 0.2) is 35.7 Å². The van der Waals surface area contributed by atoms with Crippen LogP contribution in [-0.2, 0) is 6.42 Å². The van der Waals surface area contributed by atoms with E-state index in [1.165, 1.54) is 17.4 Å². The molecule has 0 bridgehead atoms. The molecule has 1 heterocycles. The monoisotopic (exact) mass is 258 g/mol. The molecule has 1 aromatic heterocycles. The van der Waals surface area contributed by atoms with Crippen molar-refractivity contribution in [1.82, 2.24) is 0 Å². The van der Waals surface area contributed by atoms with Gasteiger partial charge in [0.1, 0.15) is 0 Å². The van der Waals surface area contributed by atoms with Crippen LogP contribution < -0.4 is 0 Å². The summed E-state index contributed by atoms with van der Waals surface area (Å²) in [4.78, 5) is 0.963. The summed E-state index contributed by atoms with van der Waals surface area (Å²) < 4.78 is 26.3. The van der Waals surface area contributed by atoms with E-state index in [0.717, 1.165) is 10.9 Å². The summed E-state index contributed by atoms with van der Waals surface area (Å²) in [6.45, 7) is 0. The van der Waals surface area contributed by atoms with Crippen molar-refractivity contribution < 1.29 is 8.78 Å². The third-order valence-corrected chi connectivity index (χ3v) is 3.79. The van der Waals surface area contributed by atoms with Gasteiger partial charge in [0.2, 0.25) is 0 Å². The third-order valence-electron chi connectivity index (χ3n) is 2.28. The van der Waals surface area contributed by atoms with Gasteiger partial charge in [0.05, 0.1) is 5.38 Å². The van der Waals surface area contributed by atoms with E-state index >= 15 is 0 Å². The maximum atomic E-state index is 13.4. The topological polar surface area (TPSA) is 0 Å². The smallest absolute Gasteiger partial charge is 0.162 e. The molecule has 84 valence electrons. The Labute approximate surface area is 101 Å². The van der Waals surface area contributed by atoms with Crippen molar-refractivity contribution in [1.29, 1.82) is 0 Å². The van der Waals surface area contributed by atoms with Crippen molar-refractivity contribution in [2.45, 2.75) is 11.8 Å². The van der Waals surface area contributed by atoms with Gasteiger partial charge in [-0.15, -0.1) is 22.9 Å². The van der Waals surface area contributed by atoms with Gasteiger partial charge in [0.15, 0.2) is 11.6 Å². The summed E-state index contributed by atoms with van der Waals surface area (Å²) in [6.07, 6.45) is 0.297. The molecule has 0 saturated carbocycles.